The number of benzene rings is 1. The first-order valence-electron chi connectivity index (χ1n) is 9.41. The molecule has 1 fully saturated rings. The Morgan fingerprint density at radius 2 is 2.04 bits per heavy atom. The molecule has 2 aliphatic rings. The second kappa shape index (κ2) is 8.80. The lowest BCUT2D eigenvalue weighted by Crippen LogP contribution is -2.37. The molecule has 1 atom stereocenters. The molecule has 1 saturated carbocycles. The smallest absolute Gasteiger partial charge is 0.260 e. The largest absolute Gasteiger partial charge is 0.481 e. The molecule has 0 aromatic heterocycles. The van der Waals surface area contributed by atoms with E-state index in [9.17, 15) is 4.79 Å². The predicted molar refractivity (Wildman–Crippen MR) is 101 cm³/mol. The van der Waals surface area contributed by atoms with Crippen molar-refractivity contribution >= 4 is 17.7 Å². The van der Waals surface area contributed by atoms with E-state index in [2.05, 4.69) is 11.4 Å². The lowest BCUT2D eigenvalue weighted by Gasteiger charge is -2.22. The number of rotatable bonds is 7. The summed E-state index contributed by atoms with van der Waals surface area (Å²) in [4.78, 5) is 12.3. The number of carbonyl (C=O) groups excluding carboxylic acids is 1. The Labute approximate surface area is 149 Å². The average Bonchev–Trinajstić information content (AvgIpc) is 3.12. The number of aryl methyl sites for hydroxylation is 1. The van der Waals surface area contributed by atoms with E-state index in [1.807, 2.05) is 30.8 Å². The lowest BCUT2D eigenvalue weighted by atomic mass is 9.91. The van der Waals surface area contributed by atoms with Crippen molar-refractivity contribution in [2.75, 3.05) is 12.3 Å². The van der Waals surface area contributed by atoms with Gasteiger partial charge in [-0.2, -0.15) is 11.8 Å². The van der Waals surface area contributed by atoms with Gasteiger partial charge in [0, 0.05) is 17.5 Å². The molecule has 4 heteroatoms. The molecule has 0 heterocycles. The van der Waals surface area contributed by atoms with Crippen LogP contribution in [0.1, 0.15) is 56.6 Å². The van der Waals surface area contributed by atoms with Crippen LogP contribution >= 0.6 is 11.8 Å². The van der Waals surface area contributed by atoms with Gasteiger partial charge in [0.2, 0.25) is 0 Å². The van der Waals surface area contributed by atoms with Gasteiger partial charge in [-0.1, -0.05) is 25.0 Å². The minimum Gasteiger partial charge on any atom is -0.481 e. The molecule has 0 aliphatic heterocycles. The normalized spacial score (nSPS) is 18.9. The van der Waals surface area contributed by atoms with Crippen LogP contribution in [-0.4, -0.2) is 29.6 Å². The number of fused-ring (bicyclic) bond motifs is 1. The topological polar surface area (TPSA) is 38.3 Å². The maximum absolute atomic E-state index is 12.3. The van der Waals surface area contributed by atoms with Crippen molar-refractivity contribution in [3.8, 4) is 5.75 Å². The van der Waals surface area contributed by atoms with Gasteiger partial charge in [0.15, 0.2) is 6.10 Å². The molecule has 132 valence electrons. The van der Waals surface area contributed by atoms with E-state index >= 15 is 0 Å². The first kappa shape index (κ1) is 17.7. The zero-order valence-corrected chi connectivity index (χ0v) is 15.5. The van der Waals surface area contributed by atoms with Gasteiger partial charge < -0.3 is 10.1 Å². The molecule has 1 amide bonds. The minimum absolute atomic E-state index is 0.00423. The lowest BCUT2D eigenvalue weighted by molar-refractivity contribution is -0.127. The molecule has 2 aliphatic carbocycles. The third-order valence-electron chi connectivity index (χ3n) is 5.08. The van der Waals surface area contributed by atoms with Crippen molar-refractivity contribution in [2.24, 2.45) is 0 Å². The maximum atomic E-state index is 12.3. The summed E-state index contributed by atoms with van der Waals surface area (Å²) in [5, 5.41) is 3.83. The van der Waals surface area contributed by atoms with Crippen molar-refractivity contribution in [3.63, 3.8) is 0 Å². The van der Waals surface area contributed by atoms with Crippen LogP contribution in [0.2, 0.25) is 0 Å². The van der Waals surface area contributed by atoms with Gasteiger partial charge in [-0.25, -0.2) is 0 Å². The highest BCUT2D eigenvalue weighted by molar-refractivity contribution is 7.99. The number of hydrogen-bond donors (Lipinski definition) is 1. The van der Waals surface area contributed by atoms with Gasteiger partial charge in [-0.3, -0.25) is 4.79 Å². The summed E-state index contributed by atoms with van der Waals surface area (Å²) in [6.45, 7) is 2.59. The van der Waals surface area contributed by atoms with Crippen molar-refractivity contribution in [3.05, 3.63) is 29.3 Å². The highest BCUT2D eigenvalue weighted by atomic mass is 32.2. The summed E-state index contributed by atoms with van der Waals surface area (Å²) < 4.78 is 5.99. The summed E-state index contributed by atoms with van der Waals surface area (Å²) in [5.74, 6) is 1.90. The van der Waals surface area contributed by atoms with Crippen molar-refractivity contribution in [1.82, 2.24) is 5.32 Å². The molecule has 24 heavy (non-hydrogen) atoms. The second-order valence-corrected chi connectivity index (χ2v) is 8.34. The van der Waals surface area contributed by atoms with Gasteiger partial charge in [0.1, 0.15) is 5.75 Å². The summed E-state index contributed by atoms with van der Waals surface area (Å²) in [5.41, 5.74) is 2.69. The number of carbonyl (C=O) groups is 1. The number of thioether (sulfide) groups is 1. The molecule has 1 aromatic rings. The summed E-state index contributed by atoms with van der Waals surface area (Å²) in [7, 11) is 0. The van der Waals surface area contributed by atoms with Crippen molar-refractivity contribution in [1.29, 1.82) is 0 Å². The maximum Gasteiger partial charge on any atom is 0.260 e. The predicted octanol–water partition coefficient (Wildman–Crippen LogP) is 4.12. The SMILES string of the molecule is CC(Oc1cccc2c1CCCC2)C(=O)NCCSC1CCCC1. The fraction of sp³-hybridized carbons (Fsp3) is 0.650. The van der Waals surface area contributed by atoms with Gasteiger partial charge >= 0.3 is 0 Å². The Balaban J connectivity index is 1.44. The first-order valence-corrected chi connectivity index (χ1v) is 10.5. The molecule has 0 saturated heterocycles. The van der Waals surface area contributed by atoms with Crippen LogP contribution < -0.4 is 10.1 Å². The van der Waals surface area contributed by atoms with E-state index in [1.54, 1.807) is 0 Å². The standard InChI is InChI=1S/C20H29NO2S/c1-15(20(22)21-13-14-24-17-9-3-4-10-17)23-19-12-6-8-16-7-2-5-11-18(16)19/h6,8,12,15,17H,2-5,7,9-11,13-14H2,1H3,(H,21,22). The van der Waals surface area contributed by atoms with Gasteiger partial charge in [-0.15, -0.1) is 0 Å². The molecule has 1 unspecified atom stereocenters. The Morgan fingerprint density at radius 1 is 1.25 bits per heavy atom. The Kier molecular flexibility index (Phi) is 6.47. The van der Waals surface area contributed by atoms with E-state index in [0.29, 0.717) is 0 Å². The molecule has 0 spiro atoms. The number of amides is 1. The van der Waals surface area contributed by atoms with Crippen LogP contribution in [0.4, 0.5) is 0 Å². The molecule has 3 rings (SSSR count). The molecular weight excluding hydrogens is 318 g/mol. The second-order valence-electron chi connectivity index (χ2n) is 6.93. The highest BCUT2D eigenvalue weighted by Gasteiger charge is 2.19. The fourth-order valence-electron chi connectivity index (χ4n) is 3.70. The summed E-state index contributed by atoms with van der Waals surface area (Å²) in [6.07, 6.45) is 9.66. The van der Waals surface area contributed by atoms with Crippen LogP contribution in [0, 0.1) is 0 Å². The van der Waals surface area contributed by atoms with E-state index < -0.39 is 6.10 Å². The third kappa shape index (κ3) is 4.69. The van der Waals surface area contributed by atoms with Gasteiger partial charge in [0.25, 0.3) is 5.91 Å². The van der Waals surface area contributed by atoms with Crippen LogP contribution in [0.15, 0.2) is 18.2 Å². The third-order valence-corrected chi connectivity index (χ3v) is 6.47. The van der Waals surface area contributed by atoms with Crippen LogP contribution in [0.25, 0.3) is 0 Å². The minimum atomic E-state index is -0.435. The molecule has 1 aromatic carbocycles. The van der Waals surface area contributed by atoms with Crippen LogP contribution in [-0.2, 0) is 17.6 Å². The fourth-order valence-corrected chi connectivity index (χ4v) is 4.92. The summed E-state index contributed by atoms with van der Waals surface area (Å²) >= 11 is 2.00. The van der Waals surface area contributed by atoms with Crippen LogP contribution in [0.5, 0.6) is 5.75 Å². The first-order chi connectivity index (χ1) is 11.7. The van der Waals surface area contributed by atoms with E-state index in [1.165, 1.54) is 49.7 Å². The van der Waals surface area contributed by atoms with Crippen molar-refractivity contribution < 1.29 is 9.53 Å². The van der Waals surface area contributed by atoms with Crippen molar-refractivity contribution in [2.45, 2.75) is 69.6 Å². The molecule has 1 N–H and O–H groups in total. The van der Waals surface area contributed by atoms with Crippen LogP contribution in [0.3, 0.4) is 0 Å². The van der Waals surface area contributed by atoms with E-state index in [4.69, 9.17) is 4.74 Å². The molecule has 3 nitrogen and oxygen atoms in total. The summed E-state index contributed by atoms with van der Waals surface area (Å²) in [6, 6.07) is 6.23. The Bertz CT molecular complexity index is 555. The van der Waals surface area contributed by atoms with E-state index in [0.717, 1.165) is 36.1 Å². The zero-order chi connectivity index (χ0) is 16.8. The molecular formula is C20H29NO2S. The highest BCUT2D eigenvalue weighted by Crippen LogP contribution is 2.30. The average molecular weight is 348 g/mol. The monoisotopic (exact) mass is 347 g/mol. The molecule has 0 bridgehead atoms. The van der Waals surface area contributed by atoms with E-state index in [-0.39, 0.29) is 5.91 Å². The molecule has 0 radical (unpaired) electrons. The number of hydrogen-bond acceptors (Lipinski definition) is 3. The zero-order valence-electron chi connectivity index (χ0n) is 14.7. The number of nitrogens with one attached hydrogen (secondary N) is 1. The Morgan fingerprint density at radius 3 is 2.88 bits per heavy atom. The van der Waals surface area contributed by atoms with Gasteiger partial charge in [-0.05, 0) is 62.6 Å². The number of ether oxygens (including phenoxy) is 1. The Hall–Kier alpha value is -1.16. The quantitative estimate of drug-likeness (QED) is 0.754. The van der Waals surface area contributed by atoms with Gasteiger partial charge in [0.05, 0.1) is 0 Å².